The van der Waals surface area contributed by atoms with Gasteiger partial charge in [0.1, 0.15) is 0 Å². The molecule has 0 aromatic carbocycles. The SMILES string of the molecule is Cn1cc(CCNC(=O)CC2=CCCCC2)cn1. The number of carbonyl (C=O) groups excluding carboxylic acids is 1. The summed E-state index contributed by atoms with van der Waals surface area (Å²) in [5, 5.41) is 7.07. The van der Waals surface area contributed by atoms with E-state index in [1.807, 2.05) is 19.4 Å². The molecule has 0 spiro atoms. The second kappa shape index (κ2) is 6.38. The van der Waals surface area contributed by atoms with Gasteiger partial charge in [0.2, 0.25) is 5.91 Å². The highest BCUT2D eigenvalue weighted by atomic mass is 16.1. The van der Waals surface area contributed by atoms with Gasteiger partial charge in [-0.15, -0.1) is 0 Å². The Morgan fingerprint density at radius 1 is 1.50 bits per heavy atom. The van der Waals surface area contributed by atoms with Crippen LogP contribution in [0.15, 0.2) is 24.0 Å². The molecular weight excluding hydrogens is 226 g/mol. The second-order valence-corrected chi connectivity index (χ2v) is 4.91. The highest BCUT2D eigenvalue weighted by Crippen LogP contribution is 2.19. The van der Waals surface area contributed by atoms with Crippen LogP contribution in [0.1, 0.15) is 37.7 Å². The lowest BCUT2D eigenvalue weighted by atomic mass is 9.97. The number of hydrogen-bond donors (Lipinski definition) is 1. The Morgan fingerprint density at radius 2 is 2.39 bits per heavy atom. The fraction of sp³-hybridized carbons (Fsp3) is 0.571. The van der Waals surface area contributed by atoms with Gasteiger partial charge in [0.25, 0.3) is 0 Å². The molecule has 1 aliphatic carbocycles. The summed E-state index contributed by atoms with van der Waals surface area (Å²) in [5.74, 6) is 0.145. The van der Waals surface area contributed by atoms with Crippen LogP contribution in [0, 0.1) is 0 Å². The van der Waals surface area contributed by atoms with E-state index in [0.717, 1.165) is 24.8 Å². The van der Waals surface area contributed by atoms with Crippen LogP contribution < -0.4 is 5.32 Å². The molecule has 0 aliphatic heterocycles. The number of nitrogens with one attached hydrogen (secondary N) is 1. The minimum absolute atomic E-state index is 0.145. The number of allylic oxidation sites excluding steroid dienone is 1. The molecule has 98 valence electrons. The Kier molecular flexibility index (Phi) is 4.56. The van der Waals surface area contributed by atoms with E-state index in [2.05, 4.69) is 16.5 Å². The third-order valence-electron chi connectivity index (χ3n) is 3.27. The molecule has 18 heavy (non-hydrogen) atoms. The highest BCUT2D eigenvalue weighted by Gasteiger charge is 2.08. The van der Waals surface area contributed by atoms with Crippen molar-refractivity contribution in [1.29, 1.82) is 0 Å². The monoisotopic (exact) mass is 247 g/mol. The topological polar surface area (TPSA) is 46.9 Å². The first kappa shape index (κ1) is 12.9. The lowest BCUT2D eigenvalue weighted by molar-refractivity contribution is -0.120. The van der Waals surface area contributed by atoms with E-state index in [1.54, 1.807) is 4.68 Å². The van der Waals surface area contributed by atoms with Crippen molar-refractivity contribution in [3.05, 3.63) is 29.6 Å². The van der Waals surface area contributed by atoms with E-state index < -0.39 is 0 Å². The van der Waals surface area contributed by atoms with Crippen LogP contribution in [0.3, 0.4) is 0 Å². The van der Waals surface area contributed by atoms with E-state index in [-0.39, 0.29) is 5.91 Å². The molecule has 1 aromatic rings. The van der Waals surface area contributed by atoms with E-state index >= 15 is 0 Å². The van der Waals surface area contributed by atoms with Gasteiger partial charge in [0.15, 0.2) is 0 Å². The van der Waals surface area contributed by atoms with Gasteiger partial charge in [0.05, 0.1) is 6.20 Å². The first-order valence-corrected chi connectivity index (χ1v) is 6.66. The molecule has 2 rings (SSSR count). The quantitative estimate of drug-likeness (QED) is 0.809. The predicted octanol–water partition coefficient (Wildman–Crippen LogP) is 1.97. The maximum absolute atomic E-state index is 11.7. The number of aromatic nitrogens is 2. The van der Waals surface area contributed by atoms with Gasteiger partial charge < -0.3 is 5.32 Å². The Hall–Kier alpha value is -1.58. The smallest absolute Gasteiger partial charge is 0.224 e. The van der Waals surface area contributed by atoms with Gasteiger partial charge >= 0.3 is 0 Å². The van der Waals surface area contributed by atoms with Gasteiger partial charge in [0, 0.05) is 26.2 Å². The molecule has 0 saturated carbocycles. The van der Waals surface area contributed by atoms with Gasteiger partial charge in [-0.2, -0.15) is 5.10 Å². The molecule has 1 heterocycles. The molecule has 0 atom stereocenters. The number of carbonyl (C=O) groups is 1. The number of aryl methyl sites for hydroxylation is 1. The summed E-state index contributed by atoms with van der Waals surface area (Å²) in [7, 11) is 1.90. The minimum Gasteiger partial charge on any atom is -0.355 e. The predicted molar refractivity (Wildman–Crippen MR) is 71.1 cm³/mol. The lowest BCUT2D eigenvalue weighted by Gasteiger charge is -2.12. The molecule has 0 fully saturated rings. The summed E-state index contributed by atoms with van der Waals surface area (Å²) in [6.07, 6.45) is 12.2. The lowest BCUT2D eigenvalue weighted by Crippen LogP contribution is -2.25. The Balaban J connectivity index is 1.67. The highest BCUT2D eigenvalue weighted by molar-refractivity contribution is 5.78. The Bertz CT molecular complexity index is 434. The van der Waals surface area contributed by atoms with Gasteiger partial charge in [-0.3, -0.25) is 9.48 Å². The van der Waals surface area contributed by atoms with Crippen LogP contribution in [0.25, 0.3) is 0 Å². The molecule has 0 radical (unpaired) electrons. The second-order valence-electron chi connectivity index (χ2n) is 4.91. The zero-order chi connectivity index (χ0) is 12.8. The van der Waals surface area contributed by atoms with Crippen LogP contribution in [0.5, 0.6) is 0 Å². The fourth-order valence-electron chi connectivity index (χ4n) is 2.28. The zero-order valence-corrected chi connectivity index (χ0v) is 11.0. The third kappa shape index (κ3) is 4.02. The molecule has 4 heteroatoms. The molecule has 0 unspecified atom stereocenters. The van der Waals surface area contributed by atoms with Crippen LogP contribution in [0.2, 0.25) is 0 Å². The molecule has 1 aliphatic rings. The number of amides is 1. The first-order valence-electron chi connectivity index (χ1n) is 6.66. The van der Waals surface area contributed by atoms with Gasteiger partial charge in [-0.1, -0.05) is 11.6 Å². The number of nitrogens with zero attached hydrogens (tertiary/aromatic N) is 2. The summed E-state index contributed by atoms with van der Waals surface area (Å²) in [6, 6.07) is 0. The molecule has 1 aromatic heterocycles. The van der Waals surface area contributed by atoms with Crippen LogP contribution in [0.4, 0.5) is 0 Å². The van der Waals surface area contributed by atoms with Crippen LogP contribution in [-0.4, -0.2) is 22.2 Å². The molecule has 0 bridgehead atoms. The summed E-state index contributed by atoms with van der Waals surface area (Å²) in [4.78, 5) is 11.7. The summed E-state index contributed by atoms with van der Waals surface area (Å²) < 4.78 is 1.78. The van der Waals surface area contributed by atoms with E-state index in [4.69, 9.17) is 0 Å². The van der Waals surface area contributed by atoms with Crippen molar-refractivity contribution in [3.8, 4) is 0 Å². The number of rotatable bonds is 5. The largest absolute Gasteiger partial charge is 0.355 e. The van der Waals surface area contributed by atoms with E-state index in [1.165, 1.54) is 18.4 Å². The van der Waals surface area contributed by atoms with Crippen LogP contribution in [-0.2, 0) is 18.3 Å². The first-order chi connectivity index (χ1) is 8.74. The number of hydrogen-bond acceptors (Lipinski definition) is 2. The van der Waals surface area contributed by atoms with Crippen molar-refractivity contribution in [2.24, 2.45) is 7.05 Å². The minimum atomic E-state index is 0.145. The van der Waals surface area contributed by atoms with Gasteiger partial charge in [-0.05, 0) is 37.7 Å². The fourth-order valence-corrected chi connectivity index (χ4v) is 2.28. The van der Waals surface area contributed by atoms with Crippen molar-refractivity contribution >= 4 is 5.91 Å². The van der Waals surface area contributed by atoms with E-state index in [0.29, 0.717) is 13.0 Å². The average Bonchev–Trinajstić information content (AvgIpc) is 2.76. The van der Waals surface area contributed by atoms with Crippen molar-refractivity contribution in [2.75, 3.05) is 6.54 Å². The third-order valence-corrected chi connectivity index (χ3v) is 3.27. The maximum atomic E-state index is 11.7. The molecule has 1 amide bonds. The Morgan fingerprint density at radius 3 is 3.06 bits per heavy atom. The van der Waals surface area contributed by atoms with Crippen LogP contribution >= 0.6 is 0 Å². The molecular formula is C14H21N3O. The van der Waals surface area contributed by atoms with E-state index in [9.17, 15) is 4.79 Å². The van der Waals surface area contributed by atoms with Crippen molar-refractivity contribution in [1.82, 2.24) is 15.1 Å². The summed E-state index contributed by atoms with van der Waals surface area (Å²) >= 11 is 0. The van der Waals surface area contributed by atoms with Crippen molar-refractivity contribution in [2.45, 2.75) is 38.5 Å². The normalized spacial score (nSPS) is 15.3. The molecule has 1 N–H and O–H groups in total. The van der Waals surface area contributed by atoms with Crippen molar-refractivity contribution in [3.63, 3.8) is 0 Å². The zero-order valence-electron chi connectivity index (χ0n) is 11.0. The average molecular weight is 247 g/mol. The molecule has 4 nitrogen and oxygen atoms in total. The standard InChI is InChI=1S/C14H21N3O/c1-17-11-13(10-16-17)7-8-15-14(18)9-12-5-3-2-4-6-12/h5,10-11H,2-4,6-9H2,1H3,(H,15,18). The maximum Gasteiger partial charge on any atom is 0.224 e. The summed E-state index contributed by atoms with van der Waals surface area (Å²) in [5.41, 5.74) is 2.47. The summed E-state index contributed by atoms with van der Waals surface area (Å²) in [6.45, 7) is 0.692. The van der Waals surface area contributed by atoms with Gasteiger partial charge in [-0.25, -0.2) is 0 Å². The van der Waals surface area contributed by atoms with Crippen molar-refractivity contribution < 1.29 is 4.79 Å². The molecule has 0 saturated heterocycles. The Labute approximate surface area is 108 Å².